The summed E-state index contributed by atoms with van der Waals surface area (Å²) < 4.78 is 0.878. The molecule has 4 nitrogen and oxygen atoms in total. The van der Waals surface area contributed by atoms with E-state index >= 15 is 0 Å². The molecule has 0 aliphatic heterocycles. The van der Waals surface area contributed by atoms with Gasteiger partial charge in [-0.05, 0) is 35.1 Å². The molecule has 0 spiro atoms. The van der Waals surface area contributed by atoms with E-state index < -0.39 is 0 Å². The second-order valence-corrected chi connectivity index (χ2v) is 7.79. The van der Waals surface area contributed by atoms with Crippen LogP contribution in [0.3, 0.4) is 0 Å². The van der Waals surface area contributed by atoms with E-state index in [4.69, 9.17) is 0 Å². The molecule has 0 aromatic heterocycles. The van der Waals surface area contributed by atoms with Crippen molar-refractivity contribution in [1.29, 1.82) is 0 Å². The Morgan fingerprint density at radius 1 is 1.00 bits per heavy atom. The van der Waals surface area contributed by atoms with Gasteiger partial charge in [0.1, 0.15) is 0 Å². The van der Waals surface area contributed by atoms with E-state index in [2.05, 4.69) is 47.6 Å². The van der Waals surface area contributed by atoms with E-state index in [1.54, 1.807) is 12.1 Å². The highest BCUT2D eigenvalue weighted by atomic mass is 79.9. The van der Waals surface area contributed by atoms with Crippen molar-refractivity contribution in [1.82, 2.24) is 10.9 Å². The van der Waals surface area contributed by atoms with Crippen LogP contribution in [0.2, 0.25) is 0 Å². The topological polar surface area (TPSA) is 58.2 Å². The fourth-order valence-electron chi connectivity index (χ4n) is 2.43. The maximum absolute atomic E-state index is 12.2. The molecule has 2 N–H and O–H groups in total. The van der Waals surface area contributed by atoms with Gasteiger partial charge in [-0.15, -0.1) is 0 Å². The first-order chi connectivity index (χ1) is 11.8. The van der Waals surface area contributed by atoms with Crippen LogP contribution in [0.15, 0.2) is 53.0 Å². The van der Waals surface area contributed by atoms with E-state index in [0.29, 0.717) is 18.4 Å². The Balaban J connectivity index is 1.87. The minimum Gasteiger partial charge on any atom is -0.273 e. The fourth-order valence-corrected chi connectivity index (χ4v) is 3.40. The third-order valence-corrected chi connectivity index (χ3v) is 4.49. The standard InChI is InChI=1S/C20H23BrN2O2/c1-20(2,3)16-11-10-15(13-17(16)21)19(25)23-22-18(24)12-9-14-7-5-4-6-8-14/h4-8,10-11,13H,9,12H2,1-3H3,(H,22,24)(H,23,25). The fraction of sp³-hybridized carbons (Fsp3) is 0.300. The van der Waals surface area contributed by atoms with Crippen LogP contribution in [0.5, 0.6) is 0 Å². The predicted octanol–water partition coefficient (Wildman–Crippen LogP) is 4.14. The smallest absolute Gasteiger partial charge is 0.269 e. The Morgan fingerprint density at radius 2 is 1.68 bits per heavy atom. The second kappa shape index (κ2) is 8.30. The van der Waals surface area contributed by atoms with E-state index in [-0.39, 0.29) is 17.2 Å². The minimum atomic E-state index is -0.339. The van der Waals surface area contributed by atoms with Crippen molar-refractivity contribution in [2.45, 2.75) is 39.0 Å². The number of carbonyl (C=O) groups is 2. The molecule has 2 rings (SSSR count). The van der Waals surface area contributed by atoms with Crippen LogP contribution in [0.25, 0.3) is 0 Å². The molecular weight excluding hydrogens is 380 g/mol. The molecule has 0 aliphatic rings. The van der Waals surface area contributed by atoms with Gasteiger partial charge in [-0.25, -0.2) is 0 Å². The minimum absolute atomic E-state index is 0.0144. The number of benzene rings is 2. The highest BCUT2D eigenvalue weighted by Gasteiger charge is 2.18. The van der Waals surface area contributed by atoms with Crippen LogP contribution in [-0.2, 0) is 16.6 Å². The van der Waals surface area contributed by atoms with E-state index in [1.807, 2.05) is 36.4 Å². The summed E-state index contributed by atoms with van der Waals surface area (Å²) in [5.74, 6) is -0.559. The van der Waals surface area contributed by atoms with Crippen molar-refractivity contribution in [2.24, 2.45) is 0 Å². The number of hydrogen-bond acceptors (Lipinski definition) is 2. The van der Waals surface area contributed by atoms with E-state index in [1.165, 1.54) is 0 Å². The number of halogens is 1. The lowest BCUT2D eigenvalue weighted by Crippen LogP contribution is -2.41. The van der Waals surface area contributed by atoms with Gasteiger partial charge in [-0.3, -0.25) is 20.4 Å². The third-order valence-electron chi connectivity index (χ3n) is 3.84. The molecule has 132 valence electrons. The van der Waals surface area contributed by atoms with Gasteiger partial charge < -0.3 is 0 Å². The Kier molecular flexibility index (Phi) is 6.37. The Morgan fingerprint density at radius 3 is 2.28 bits per heavy atom. The van der Waals surface area contributed by atoms with Crippen LogP contribution in [0.4, 0.5) is 0 Å². The van der Waals surface area contributed by atoms with Crippen LogP contribution in [0.1, 0.15) is 48.7 Å². The molecule has 2 aromatic rings. The predicted molar refractivity (Wildman–Crippen MR) is 103 cm³/mol. The number of hydrazine groups is 1. The van der Waals surface area contributed by atoms with Crippen molar-refractivity contribution in [2.75, 3.05) is 0 Å². The number of amides is 2. The number of carbonyl (C=O) groups excluding carboxylic acids is 2. The monoisotopic (exact) mass is 402 g/mol. The number of nitrogens with one attached hydrogen (secondary N) is 2. The molecule has 0 unspecified atom stereocenters. The molecular formula is C20H23BrN2O2. The van der Waals surface area contributed by atoms with E-state index in [9.17, 15) is 9.59 Å². The van der Waals surface area contributed by atoms with Crippen molar-refractivity contribution in [3.05, 3.63) is 69.7 Å². The van der Waals surface area contributed by atoms with Crippen LogP contribution in [-0.4, -0.2) is 11.8 Å². The highest BCUT2D eigenvalue weighted by molar-refractivity contribution is 9.10. The lowest BCUT2D eigenvalue weighted by Gasteiger charge is -2.21. The molecule has 25 heavy (non-hydrogen) atoms. The van der Waals surface area contributed by atoms with Crippen molar-refractivity contribution in [3.8, 4) is 0 Å². The molecule has 0 aliphatic carbocycles. The molecule has 0 bridgehead atoms. The quantitative estimate of drug-likeness (QED) is 0.754. The summed E-state index contributed by atoms with van der Waals surface area (Å²) in [6.07, 6.45) is 0.950. The SMILES string of the molecule is CC(C)(C)c1ccc(C(=O)NNC(=O)CCc2ccccc2)cc1Br. The molecule has 0 atom stereocenters. The van der Waals surface area contributed by atoms with Crippen LogP contribution in [0, 0.1) is 0 Å². The van der Waals surface area contributed by atoms with Crippen LogP contribution < -0.4 is 10.9 Å². The zero-order valence-electron chi connectivity index (χ0n) is 14.7. The molecule has 0 heterocycles. The molecule has 0 fully saturated rings. The normalized spacial score (nSPS) is 11.0. The Bertz CT molecular complexity index is 752. The highest BCUT2D eigenvalue weighted by Crippen LogP contribution is 2.30. The largest absolute Gasteiger partial charge is 0.273 e. The van der Waals surface area contributed by atoms with E-state index in [0.717, 1.165) is 15.6 Å². The number of rotatable bonds is 4. The summed E-state index contributed by atoms with van der Waals surface area (Å²) >= 11 is 3.51. The van der Waals surface area contributed by atoms with Gasteiger partial charge in [-0.1, -0.05) is 73.1 Å². The average molecular weight is 403 g/mol. The summed E-state index contributed by atoms with van der Waals surface area (Å²) in [6.45, 7) is 6.33. The zero-order valence-corrected chi connectivity index (χ0v) is 16.3. The zero-order chi connectivity index (χ0) is 18.4. The molecule has 2 amide bonds. The maximum atomic E-state index is 12.2. The van der Waals surface area contributed by atoms with Crippen molar-refractivity contribution in [3.63, 3.8) is 0 Å². The second-order valence-electron chi connectivity index (χ2n) is 6.93. The molecule has 5 heteroatoms. The summed E-state index contributed by atoms with van der Waals surface area (Å²) in [7, 11) is 0. The number of aryl methyl sites for hydroxylation is 1. The van der Waals surface area contributed by atoms with Crippen LogP contribution >= 0.6 is 15.9 Å². The first-order valence-electron chi connectivity index (χ1n) is 8.20. The van der Waals surface area contributed by atoms with Gasteiger partial charge in [0.15, 0.2) is 0 Å². The third kappa shape index (κ3) is 5.71. The summed E-state index contributed by atoms with van der Waals surface area (Å²) in [5, 5.41) is 0. The summed E-state index contributed by atoms with van der Waals surface area (Å²) in [5.41, 5.74) is 7.61. The molecule has 2 aromatic carbocycles. The van der Waals surface area contributed by atoms with Gasteiger partial charge in [0, 0.05) is 16.5 Å². The Hall–Kier alpha value is -2.14. The number of hydrogen-bond donors (Lipinski definition) is 2. The van der Waals surface area contributed by atoms with Gasteiger partial charge in [0.05, 0.1) is 0 Å². The summed E-state index contributed by atoms with van der Waals surface area (Å²) in [6, 6.07) is 15.2. The average Bonchev–Trinajstić information content (AvgIpc) is 2.57. The Labute approximate surface area is 157 Å². The molecule has 0 saturated carbocycles. The lowest BCUT2D eigenvalue weighted by atomic mass is 9.86. The first kappa shape index (κ1) is 19.2. The molecule has 0 saturated heterocycles. The first-order valence-corrected chi connectivity index (χ1v) is 9.00. The molecule has 0 radical (unpaired) electrons. The van der Waals surface area contributed by atoms with Gasteiger partial charge in [-0.2, -0.15) is 0 Å². The van der Waals surface area contributed by atoms with Gasteiger partial charge >= 0.3 is 0 Å². The van der Waals surface area contributed by atoms with Gasteiger partial charge in [0.2, 0.25) is 5.91 Å². The summed E-state index contributed by atoms with van der Waals surface area (Å²) in [4.78, 5) is 24.1. The van der Waals surface area contributed by atoms with Crippen molar-refractivity contribution < 1.29 is 9.59 Å². The van der Waals surface area contributed by atoms with Crippen molar-refractivity contribution >= 4 is 27.7 Å². The lowest BCUT2D eigenvalue weighted by molar-refractivity contribution is -0.121. The maximum Gasteiger partial charge on any atom is 0.269 e. The van der Waals surface area contributed by atoms with Gasteiger partial charge in [0.25, 0.3) is 5.91 Å².